The van der Waals surface area contributed by atoms with Gasteiger partial charge in [-0.15, -0.1) is 0 Å². The minimum atomic E-state index is -1.22. The minimum absolute atomic E-state index is 0.280. The summed E-state index contributed by atoms with van der Waals surface area (Å²) >= 11 is 0. The van der Waals surface area contributed by atoms with Gasteiger partial charge in [-0.1, -0.05) is 0 Å². The maximum absolute atomic E-state index is 12.3. The first-order chi connectivity index (χ1) is 13.0. The number of carbonyl (C=O) groups is 1. The quantitative estimate of drug-likeness (QED) is 0.851. The molecule has 1 aromatic rings. The van der Waals surface area contributed by atoms with E-state index in [2.05, 4.69) is 28.3 Å². The fourth-order valence-corrected chi connectivity index (χ4v) is 3.92. The number of ether oxygens (including phenoxy) is 1. The number of carbonyl (C=O) groups excluding carboxylic acids is 1. The van der Waals surface area contributed by atoms with Crippen molar-refractivity contribution in [2.45, 2.75) is 45.9 Å². The molecule has 1 saturated heterocycles. The van der Waals surface area contributed by atoms with Crippen LogP contribution in [0.2, 0.25) is 0 Å². The number of amides is 1. The number of aliphatic imine (C=N–C) groups is 2. The van der Waals surface area contributed by atoms with E-state index in [9.17, 15) is 9.90 Å². The van der Waals surface area contributed by atoms with Crippen LogP contribution in [0.5, 0.6) is 0 Å². The van der Waals surface area contributed by atoms with E-state index < -0.39 is 6.35 Å². The highest BCUT2D eigenvalue weighted by Gasteiger charge is 2.35. The van der Waals surface area contributed by atoms with Crippen molar-refractivity contribution >= 4 is 28.8 Å². The second kappa shape index (κ2) is 7.40. The number of anilines is 1. The molecule has 0 aromatic heterocycles. The smallest absolute Gasteiger partial charge is 0.277 e. The number of aryl methyl sites for hydroxylation is 2. The van der Waals surface area contributed by atoms with Crippen LogP contribution in [0.1, 0.15) is 36.8 Å². The van der Waals surface area contributed by atoms with Gasteiger partial charge in [-0.05, 0) is 68.7 Å². The fraction of sp³-hybridized carbons (Fsp3) is 0.550. The Balaban J connectivity index is 1.62. The molecule has 0 aliphatic carbocycles. The Morgan fingerprint density at radius 2 is 2.00 bits per heavy atom. The Labute approximate surface area is 159 Å². The highest BCUT2D eigenvalue weighted by Crippen LogP contribution is 2.36. The summed E-state index contributed by atoms with van der Waals surface area (Å²) in [5.41, 5.74) is 4.32. The van der Waals surface area contributed by atoms with Crippen LogP contribution in [-0.2, 0) is 9.53 Å². The number of aliphatic hydroxyl groups is 1. The summed E-state index contributed by atoms with van der Waals surface area (Å²) in [6.45, 7) is 6.56. The van der Waals surface area contributed by atoms with Crippen molar-refractivity contribution in [1.29, 1.82) is 0 Å². The predicted octanol–water partition coefficient (Wildman–Crippen LogP) is 2.21. The number of amidine groups is 1. The molecule has 1 unspecified atom stereocenters. The second-order valence-corrected chi connectivity index (χ2v) is 7.54. The van der Waals surface area contributed by atoms with Gasteiger partial charge in [0, 0.05) is 19.8 Å². The lowest BCUT2D eigenvalue weighted by atomic mass is 9.94. The number of aliphatic hydroxyl groups excluding tert-OH is 1. The first-order valence-electron chi connectivity index (χ1n) is 9.65. The third-order valence-corrected chi connectivity index (χ3v) is 5.64. The molecule has 3 aliphatic rings. The summed E-state index contributed by atoms with van der Waals surface area (Å²) in [6.07, 6.45) is 3.11. The molecular weight excluding hydrogens is 344 g/mol. The van der Waals surface area contributed by atoms with Crippen LogP contribution in [0.25, 0.3) is 0 Å². The number of hydrogen-bond acceptors (Lipinski definition) is 6. The molecule has 0 saturated carbocycles. The van der Waals surface area contributed by atoms with Crippen LogP contribution in [-0.4, -0.2) is 48.7 Å². The third-order valence-electron chi connectivity index (χ3n) is 5.64. The van der Waals surface area contributed by atoms with E-state index in [0.29, 0.717) is 11.8 Å². The molecule has 3 heterocycles. The Kier molecular flexibility index (Phi) is 4.97. The summed E-state index contributed by atoms with van der Waals surface area (Å²) in [5, 5.41) is 12.3. The zero-order chi connectivity index (χ0) is 19.0. The number of benzene rings is 1. The molecule has 1 atom stereocenters. The number of nitrogens with zero attached hydrogens (tertiary/aromatic N) is 3. The van der Waals surface area contributed by atoms with Crippen molar-refractivity contribution in [2.24, 2.45) is 15.9 Å². The maximum atomic E-state index is 12.3. The lowest BCUT2D eigenvalue weighted by molar-refractivity contribution is -0.117. The Morgan fingerprint density at radius 3 is 2.78 bits per heavy atom. The van der Waals surface area contributed by atoms with Crippen LogP contribution in [0.15, 0.2) is 22.1 Å². The van der Waals surface area contributed by atoms with E-state index >= 15 is 0 Å². The summed E-state index contributed by atoms with van der Waals surface area (Å²) in [5.74, 6) is 0.776. The first-order valence-corrected chi connectivity index (χ1v) is 9.65. The fourth-order valence-electron chi connectivity index (χ4n) is 3.92. The van der Waals surface area contributed by atoms with Gasteiger partial charge in [0.15, 0.2) is 11.5 Å². The summed E-state index contributed by atoms with van der Waals surface area (Å²) in [7, 11) is 0. The number of rotatable bonds is 4. The van der Waals surface area contributed by atoms with Gasteiger partial charge in [0.1, 0.15) is 0 Å². The van der Waals surface area contributed by atoms with Crippen LogP contribution in [0.4, 0.5) is 11.4 Å². The van der Waals surface area contributed by atoms with Gasteiger partial charge in [0.2, 0.25) is 6.35 Å². The normalized spacial score (nSPS) is 22.6. The minimum Gasteiger partial charge on any atom is -0.381 e. The predicted molar refractivity (Wildman–Crippen MR) is 105 cm³/mol. The topological polar surface area (TPSA) is 86.5 Å². The van der Waals surface area contributed by atoms with Gasteiger partial charge < -0.3 is 20.1 Å². The summed E-state index contributed by atoms with van der Waals surface area (Å²) in [6, 6.07) is 4.11. The average molecular weight is 370 g/mol. The standard InChI is InChI=1S/C20H26N4O3/c1-12-10-15-16(11-13(12)2)24(7-3-4-14-5-8-27-9-6-14)18-17(21-15)19(25)23-20(26)22-18/h10-11,14,20,26H,3-9H2,1-2H3,(H,23,25). The van der Waals surface area contributed by atoms with E-state index in [1.165, 1.54) is 5.56 Å². The van der Waals surface area contributed by atoms with Gasteiger partial charge in [-0.25, -0.2) is 9.98 Å². The molecule has 27 heavy (non-hydrogen) atoms. The van der Waals surface area contributed by atoms with E-state index in [1.54, 1.807) is 0 Å². The van der Waals surface area contributed by atoms with Crippen LogP contribution in [0, 0.1) is 19.8 Å². The van der Waals surface area contributed by atoms with Gasteiger partial charge in [-0.2, -0.15) is 0 Å². The molecule has 0 bridgehead atoms. The van der Waals surface area contributed by atoms with Crippen molar-refractivity contribution < 1.29 is 14.6 Å². The molecule has 4 rings (SSSR count). The van der Waals surface area contributed by atoms with Crippen molar-refractivity contribution in [3.63, 3.8) is 0 Å². The van der Waals surface area contributed by atoms with E-state index in [-0.39, 0.29) is 11.6 Å². The summed E-state index contributed by atoms with van der Waals surface area (Å²) < 4.78 is 5.44. The van der Waals surface area contributed by atoms with Crippen molar-refractivity contribution in [1.82, 2.24) is 5.32 Å². The Hall–Kier alpha value is -2.25. The zero-order valence-electron chi connectivity index (χ0n) is 15.9. The summed E-state index contributed by atoms with van der Waals surface area (Å²) in [4.78, 5) is 23.2. The first kappa shape index (κ1) is 18.1. The highest BCUT2D eigenvalue weighted by molar-refractivity contribution is 6.70. The molecule has 1 aromatic carbocycles. The highest BCUT2D eigenvalue weighted by atomic mass is 16.5. The number of hydrogen-bond donors (Lipinski definition) is 2. The molecule has 0 spiro atoms. The Bertz CT molecular complexity index is 812. The SMILES string of the molecule is Cc1cc2c(cc1C)N(CCCC1CCOCC1)C1=NC(O)NC(=O)C1=N2. The van der Waals surface area contributed by atoms with E-state index in [0.717, 1.165) is 62.4 Å². The molecule has 0 radical (unpaired) electrons. The molecule has 3 aliphatic heterocycles. The lowest BCUT2D eigenvalue weighted by Crippen LogP contribution is -2.53. The largest absolute Gasteiger partial charge is 0.381 e. The van der Waals surface area contributed by atoms with Crippen molar-refractivity contribution in [2.75, 3.05) is 24.7 Å². The van der Waals surface area contributed by atoms with Crippen molar-refractivity contribution in [3.05, 3.63) is 23.3 Å². The maximum Gasteiger partial charge on any atom is 0.277 e. The Morgan fingerprint density at radius 1 is 1.26 bits per heavy atom. The number of fused-ring (bicyclic) bond motifs is 2. The molecule has 144 valence electrons. The molecule has 7 heteroatoms. The third kappa shape index (κ3) is 3.61. The monoisotopic (exact) mass is 370 g/mol. The molecular formula is C20H26N4O3. The van der Waals surface area contributed by atoms with Crippen molar-refractivity contribution in [3.8, 4) is 0 Å². The van der Waals surface area contributed by atoms with Gasteiger partial charge in [0.25, 0.3) is 5.91 Å². The van der Waals surface area contributed by atoms with Gasteiger partial charge >= 0.3 is 0 Å². The zero-order valence-corrected chi connectivity index (χ0v) is 15.9. The molecule has 1 fully saturated rings. The van der Waals surface area contributed by atoms with E-state index in [4.69, 9.17) is 4.74 Å². The van der Waals surface area contributed by atoms with Crippen LogP contribution in [0.3, 0.4) is 0 Å². The average Bonchev–Trinajstić information content (AvgIpc) is 2.64. The molecule has 1 amide bonds. The van der Waals surface area contributed by atoms with Gasteiger partial charge in [0.05, 0.1) is 11.4 Å². The molecule has 2 N–H and O–H groups in total. The molecule has 7 nitrogen and oxygen atoms in total. The number of nitrogens with one attached hydrogen (secondary N) is 1. The van der Waals surface area contributed by atoms with Crippen LogP contribution < -0.4 is 10.2 Å². The lowest BCUT2D eigenvalue weighted by Gasteiger charge is -2.34. The van der Waals surface area contributed by atoms with Crippen LogP contribution >= 0.6 is 0 Å². The van der Waals surface area contributed by atoms with E-state index in [1.807, 2.05) is 17.9 Å². The second-order valence-electron chi connectivity index (χ2n) is 7.54. The van der Waals surface area contributed by atoms with Gasteiger partial charge in [-0.3, -0.25) is 4.79 Å².